The molecule has 0 saturated carbocycles. The quantitative estimate of drug-likeness (QED) is 0.254. The first-order valence-corrected chi connectivity index (χ1v) is 13.2. The van der Waals surface area contributed by atoms with Gasteiger partial charge >= 0.3 is 0 Å². The predicted octanol–water partition coefficient (Wildman–Crippen LogP) is 2.56. The Morgan fingerprint density at radius 3 is 2.74 bits per heavy atom. The maximum atomic E-state index is 14.1. The largest absolute Gasteiger partial charge is 0.381 e. The van der Waals surface area contributed by atoms with Crippen LogP contribution in [0.2, 0.25) is 0 Å². The Bertz CT molecular complexity index is 2070. The van der Waals surface area contributed by atoms with Gasteiger partial charge in [-0.2, -0.15) is 5.10 Å². The van der Waals surface area contributed by atoms with E-state index in [1.165, 1.54) is 4.52 Å². The molecule has 4 N–H and O–H groups in total. The lowest BCUT2D eigenvalue weighted by molar-refractivity contribution is 0.0939. The number of rotatable bonds is 6. The van der Waals surface area contributed by atoms with Gasteiger partial charge in [-0.25, -0.2) is 19.5 Å². The molecule has 13 heteroatoms. The SMILES string of the molecule is C.Cc1c(C#Cc2cccc3nc([C@H](C)NC(=O)c4c(N)nn5cccnc45)n(CCc4cnc[nH]4)c(=O)c23)cnn1C. The molecule has 5 aromatic heterocycles. The number of aromatic nitrogens is 9. The van der Waals surface area contributed by atoms with Crippen LogP contribution < -0.4 is 16.6 Å². The Kier molecular flexibility index (Phi) is 7.76. The molecule has 5 heterocycles. The second-order valence-electron chi connectivity index (χ2n) is 9.81. The van der Waals surface area contributed by atoms with Crippen molar-refractivity contribution in [2.75, 3.05) is 5.73 Å². The molecular weight excluding hydrogens is 546 g/mol. The van der Waals surface area contributed by atoms with Crippen molar-refractivity contribution in [1.29, 1.82) is 0 Å². The van der Waals surface area contributed by atoms with E-state index in [2.05, 4.69) is 42.3 Å². The summed E-state index contributed by atoms with van der Waals surface area (Å²) >= 11 is 0. The van der Waals surface area contributed by atoms with Crippen LogP contribution in [0, 0.1) is 18.8 Å². The van der Waals surface area contributed by atoms with Crippen molar-refractivity contribution < 1.29 is 4.79 Å². The fraction of sp³-hybridized carbons (Fsp3) is 0.233. The van der Waals surface area contributed by atoms with E-state index in [-0.39, 0.29) is 24.4 Å². The van der Waals surface area contributed by atoms with Crippen LogP contribution in [0.3, 0.4) is 0 Å². The Hall–Kier alpha value is -5.77. The molecule has 0 spiro atoms. The number of nitrogen functional groups attached to an aromatic ring is 1. The van der Waals surface area contributed by atoms with E-state index in [4.69, 9.17) is 10.7 Å². The summed E-state index contributed by atoms with van der Waals surface area (Å²) in [6.07, 6.45) is 8.71. The molecule has 218 valence electrons. The van der Waals surface area contributed by atoms with Crippen LogP contribution in [0.15, 0.2) is 60.2 Å². The van der Waals surface area contributed by atoms with E-state index in [0.29, 0.717) is 40.9 Å². The zero-order valence-corrected chi connectivity index (χ0v) is 23.2. The first-order valence-electron chi connectivity index (χ1n) is 13.2. The summed E-state index contributed by atoms with van der Waals surface area (Å²) in [6.45, 7) is 3.99. The number of carbonyl (C=O) groups is 1. The van der Waals surface area contributed by atoms with E-state index in [0.717, 1.165) is 17.0 Å². The van der Waals surface area contributed by atoms with E-state index in [9.17, 15) is 9.59 Å². The number of carbonyl (C=O) groups excluding carboxylic acids is 1. The third-order valence-electron chi connectivity index (χ3n) is 7.12. The summed E-state index contributed by atoms with van der Waals surface area (Å²) in [4.78, 5) is 43.8. The van der Waals surface area contributed by atoms with Crippen LogP contribution in [-0.4, -0.2) is 49.8 Å². The van der Waals surface area contributed by atoms with Crippen molar-refractivity contribution in [1.82, 2.24) is 49.2 Å². The van der Waals surface area contributed by atoms with Gasteiger partial charge in [0.1, 0.15) is 11.4 Å². The van der Waals surface area contributed by atoms with E-state index in [1.54, 1.807) is 65.5 Å². The first kappa shape index (κ1) is 28.7. The van der Waals surface area contributed by atoms with Crippen LogP contribution >= 0.6 is 0 Å². The minimum Gasteiger partial charge on any atom is -0.381 e. The van der Waals surface area contributed by atoms with Crippen molar-refractivity contribution in [3.05, 3.63) is 99.6 Å². The lowest BCUT2D eigenvalue weighted by Crippen LogP contribution is -2.34. The van der Waals surface area contributed by atoms with Gasteiger partial charge in [0.15, 0.2) is 11.5 Å². The average Bonchev–Trinajstić information content (AvgIpc) is 3.70. The van der Waals surface area contributed by atoms with Gasteiger partial charge in [-0.05, 0) is 32.0 Å². The predicted molar refractivity (Wildman–Crippen MR) is 162 cm³/mol. The number of imidazole rings is 1. The van der Waals surface area contributed by atoms with Gasteiger partial charge in [-0.3, -0.25) is 18.8 Å². The summed E-state index contributed by atoms with van der Waals surface area (Å²) in [5, 5.41) is 11.7. The number of nitrogens with one attached hydrogen (secondary N) is 2. The zero-order valence-electron chi connectivity index (χ0n) is 23.2. The first-order chi connectivity index (χ1) is 20.3. The number of H-pyrrole nitrogens is 1. The Balaban J connectivity index is 0.00000368. The number of nitrogens with zero attached hydrogens (tertiary/aromatic N) is 8. The van der Waals surface area contributed by atoms with Crippen molar-refractivity contribution in [3.63, 3.8) is 0 Å². The molecule has 0 bridgehead atoms. The molecular formula is C30H31N11O2. The van der Waals surface area contributed by atoms with Gasteiger partial charge in [-0.1, -0.05) is 25.3 Å². The van der Waals surface area contributed by atoms with Crippen LogP contribution in [0.4, 0.5) is 5.82 Å². The minimum atomic E-state index is -0.665. The molecule has 6 aromatic rings. The number of anilines is 1. The molecule has 0 unspecified atom stereocenters. The summed E-state index contributed by atoms with van der Waals surface area (Å²) in [6, 6.07) is 6.40. The highest BCUT2D eigenvalue weighted by molar-refractivity contribution is 6.04. The third-order valence-corrected chi connectivity index (χ3v) is 7.12. The highest BCUT2D eigenvalue weighted by atomic mass is 16.2. The third kappa shape index (κ3) is 5.33. The summed E-state index contributed by atoms with van der Waals surface area (Å²) in [7, 11) is 1.85. The van der Waals surface area contributed by atoms with Crippen LogP contribution in [-0.2, 0) is 20.0 Å². The molecule has 0 fully saturated rings. The molecule has 43 heavy (non-hydrogen) atoms. The average molecular weight is 578 g/mol. The number of hydrogen-bond donors (Lipinski definition) is 3. The number of aromatic amines is 1. The number of aryl methyl sites for hydroxylation is 2. The van der Waals surface area contributed by atoms with E-state index >= 15 is 0 Å². The van der Waals surface area contributed by atoms with Gasteiger partial charge < -0.3 is 16.0 Å². The maximum Gasteiger partial charge on any atom is 0.262 e. The molecule has 0 aliphatic rings. The molecule has 0 radical (unpaired) electrons. The van der Waals surface area contributed by atoms with E-state index in [1.807, 2.05) is 20.0 Å². The van der Waals surface area contributed by atoms with Gasteiger partial charge in [0, 0.05) is 49.9 Å². The minimum absolute atomic E-state index is 0. The number of nitrogens with two attached hydrogens (primary N) is 1. The lowest BCUT2D eigenvalue weighted by atomic mass is 10.1. The number of hydrogen-bond acceptors (Lipinski definition) is 8. The van der Waals surface area contributed by atoms with Gasteiger partial charge in [0.05, 0.1) is 40.7 Å². The van der Waals surface area contributed by atoms with Gasteiger partial charge in [-0.15, -0.1) is 5.10 Å². The van der Waals surface area contributed by atoms with Crippen LogP contribution in [0.5, 0.6) is 0 Å². The molecule has 1 atom stereocenters. The standard InChI is InChI=1S/C29H27N11O2.CH4/c1-17(35-28(41)24-25(30)37-40-12-5-11-32-27(24)40)26-36-22-7-4-6-19(8-9-20-14-34-38(3)18(20)2)23(22)29(42)39(26)13-10-21-15-31-16-33-21;/h4-7,11-12,14-17H,10,13H2,1-3H3,(H2,30,37)(H,31,33)(H,35,41);1H4/t17-;/m0./s1. The summed E-state index contributed by atoms with van der Waals surface area (Å²) < 4.78 is 4.77. The van der Waals surface area contributed by atoms with Crippen molar-refractivity contribution in [2.24, 2.45) is 7.05 Å². The van der Waals surface area contributed by atoms with Crippen molar-refractivity contribution >= 4 is 28.3 Å². The number of amides is 1. The van der Waals surface area contributed by atoms with Crippen LogP contribution in [0.1, 0.15) is 59.1 Å². The molecule has 13 nitrogen and oxygen atoms in total. The fourth-order valence-corrected chi connectivity index (χ4v) is 4.80. The fourth-order valence-electron chi connectivity index (χ4n) is 4.80. The second-order valence-corrected chi connectivity index (χ2v) is 9.81. The monoisotopic (exact) mass is 577 g/mol. The molecule has 1 amide bonds. The van der Waals surface area contributed by atoms with Crippen molar-refractivity contribution in [2.45, 2.75) is 40.3 Å². The Morgan fingerprint density at radius 1 is 1.19 bits per heavy atom. The second kappa shape index (κ2) is 11.6. The van der Waals surface area contributed by atoms with Crippen LogP contribution in [0.25, 0.3) is 16.6 Å². The van der Waals surface area contributed by atoms with Gasteiger partial charge in [0.2, 0.25) is 0 Å². The highest BCUT2D eigenvalue weighted by Crippen LogP contribution is 2.20. The molecule has 0 aliphatic heterocycles. The molecule has 6 rings (SSSR count). The highest BCUT2D eigenvalue weighted by Gasteiger charge is 2.24. The smallest absolute Gasteiger partial charge is 0.262 e. The number of benzene rings is 1. The maximum absolute atomic E-state index is 14.1. The van der Waals surface area contributed by atoms with E-state index < -0.39 is 11.9 Å². The Labute approximate surface area is 246 Å². The van der Waals surface area contributed by atoms with Crippen molar-refractivity contribution in [3.8, 4) is 11.8 Å². The molecule has 1 aromatic carbocycles. The molecule has 0 aliphatic carbocycles. The Morgan fingerprint density at radius 2 is 2.00 bits per heavy atom. The van der Waals surface area contributed by atoms with Gasteiger partial charge in [0.25, 0.3) is 11.5 Å². The topological polar surface area (TPSA) is 167 Å². The number of fused-ring (bicyclic) bond motifs is 2. The molecule has 0 saturated heterocycles. The summed E-state index contributed by atoms with van der Waals surface area (Å²) in [5.41, 5.74) is 9.86. The summed E-state index contributed by atoms with van der Waals surface area (Å²) in [5.74, 6) is 6.24. The normalized spacial score (nSPS) is 11.6. The zero-order chi connectivity index (χ0) is 29.4. The lowest BCUT2D eigenvalue weighted by Gasteiger charge is -2.20.